The van der Waals surface area contributed by atoms with Gasteiger partial charge >= 0.3 is 0 Å². The highest BCUT2D eigenvalue weighted by Crippen LogP contribution is 2.31. The van der Waals surface area contributed by atoms with E-state index in [0.29, 0.717) is 23.4 Å². The number of nitrogens with one attached hydrogen (secondary N) is 3. The van der Waals surface area contributed by atoms with Gasteiger partial charge < -0.3 is 16.0 Å². The SMILES string of the molecule is NC1=NC(C2=CCNC(=O)c3[nH]c(-c4ccccc4)cc32)C(=O)N1. The Morgan fingerprint density at radius 2 is 1.96 bits per heavy atom. The molecule has 4 rings (SSSR count). The zero-order valence-corrected chi connectivity index (χ0v) is 12.7. The lowest BCUT2D eigenvalue weighted by atomic mass is 9.98. The molecule has 0 spiro atoms. The molecule has 2 aromatic rings. The van der Waals surface area contributed by atoms with Crippen LogP contribution in [0.3, 0.4) is 0 Å². The number of hydrogen-bond acceptors (Lipinski definition) is 4. The van der Waals surface area contributed by atoms with Crippen molar-refractivity contribution in [1.82, 2.24) is 15.6 Å². The molecule has 0 bridgehead atoms. The summed E-state index contributed by atoms with van der Waals surface area (Å²) in [5.74, 6) is -0.412. The van der Waals surface area contributed by atoms with E-state index in [1.54, 1.807) is 6.08 Å². The summed E-state index contributed by atoms with van der Waals surface area (Å²) in [5, 5.41) is 5.28. The van der Waals surface area contributed by atoms with Crippen LogP contribution in [0.25, 0.3) is 16.8 Å². The van der Waals surface area contributed by atoms with Crippen molar-refractivity contribution in [2.75, 3.05) is 6.54 Å². The minimum atomic E-state index is -0.740. The number of benzene rings is 1. The number of H-pyrrole nitrogens is 1. The molecule has 0 aliphatic carbocycles. The highest BCUT2D eigenvalue weighted by molar-refractivity contribution is 6.12. The van der Waals surface area contributed by atoms with E-state index >= 15 is 0 Å². The van der Waals surface area contributed by atoms with Gasteiger partial charge in [0, 0.05) is 17.8 Å². The summed E-state index contributed by atoms with van der Waals surface area (Å²) in [7, 11) is 0. The van der Waals surface area contributed by atoms with Crippen molar-refractivity contribution in [1.29, 1.82) is 0 Å². The Morgan fingerprint density at radius 3 is 2.67 bits per heavy atom. The average Bonchev–Trinajstić information content (AvgIpc) is 3.12. The van der Waals surface area contributed by atoms with Gasteiger partial charge in [0.05, 0.1) is 0 Å². The maximum Gasteiger partial charge on any atom is 0.268 e. The monoisotopic (exact) mass is 321 g/mol. The first-order valence-electron chi connectivity index (χ1n) is 7.54. The van der Waals surface area contributed by atoms with E-state index in [1.165, 1.54) is 0 Å². The highest BCUT2D eigenvalue weighted by atomic mass is 16.2. The Morgan fingerprint density at radius 1 is 1.17 bits per heavy atom. The molecule has 1 unspecified atom stereocenters. The van der Waals surface area contributed by atoms with Crippen molar-refractivity contribution >= 4 is 23.3 Å². The Labute approximate surface area is 137 Å². The van der Waals surface area contributed by atoms with Crippen LogP contribution < -0.4 is 16.4 Å². The van der Waals surface area contributed by atoms with E-state index in [4.69, 9.17) is 5.73 Å². The van der Waals surface area contributed by atoms with Crippen LogP contribution in [0.2, 0.25) is 0 Å². The molecule has 2 aliphatic heterocycles. The van der Waals surface area contributed by atoms with Gasteiger partial charge in [0.2, 0.25) is 0 Å². The van der Waals surface area contributed by atoms with E-state index in [1.807, 2.05) is 36.4 Å². The Balaban J connectivity index is 1.84. The minimum absolute atomic E-state index is 0.0924. The zero-order valence-electron chi connectivity index (χ0n) is 12.7. The predicted molar refractivity (Wildman–Crippen MR) is 90.1 cm³/mol. The molecule has 1 atom stereocenters. The van der Waals surface area contributed by atoms with Gasteiger partial charge in [-0.3, -0.25) is 14.9 Å². The number of amides is 2. The molecule has 0 radical (unpaired) electrons. The topological polar surface area (TPSA) is 112 Å². The van der Waals surface area contributed by atoms with Gasteiger partial charge in [-0.15, -0.1) is 0 Å². The third-order valence-electron chi connectivity index (χ3n) is 4.09. The molecule has 7 nitrogen and oxygen atoms in total. The number of carbonyl (C=O) groups excluding carboxylic acids is 2. The lowest BCUT2D eigenvalue weighted by molar-refractivity contribution is -0.118. The molecule has 0 saturated carbocycles. The number of nitrogens with two attached hydrogens (primary N) is 1. The molecule has 1 aromatic carbocycles. The number of aliphatic imine (C=N–C) groups is 1. The molecule has 0 saturated heterocycles. The molecule has 5 N–H and O–H groups in total. The third-order valence-corrected chi connectivity index (χ3v) is 4.09. The smallest absolute Gasteiger partial charge is 0.268 e. The number of guanidine groups is 1. The Hall–Kier alpha value is -3.35. The Bertz CT molecular complexity index is 895. The van der Waals surface area contributed by atoms with E-state index < -0.39 is 6.04 Å². The summed E-state index contributed by atoms with van der Waals surface area (Å²) < 4.78 is 0. The van der Waals surface area contributed by atoms with Gasteiger partial charge in [0.15, 0.2) is 12.0 Å². The fourth-order valence-corrected chi connectivity index (χ4v) is 2.98. The van der Waals surface area contributed by atoms with Crippen LogP contribution in [0.15, 0.2) is 47.5 Å². The second-order valence-corrected chi connectivity index (χ2v) is 5.61. The van der Waals surface area contributed by atoms with Crippen molar-refractivity contribution in [2.24, 2.45) is 10.7 Å². The van der Waals surface area contributed by atoms with Gasteiger partial charge in [0.1, 0.15) is 5.69 Å². The van der Waals surface area contributed by atoms with Crippen LogP contribution >= 0.6 is 0 Å². The summed E-state index contributed by atoms with van der Waals surface area (Å²) in [6, 6.07) is 10.8. The second kappa shape index (κ2) is 5.38. The van der Waals surface area contributed by atoms with E-state index in [2.05, 4.69) is 20.6 Å². The number of nitrogens with zero attached hydrogens (tertiary/aromatic N) is 1. The van der Waals surface area contributed by atoms with Crippen LogP contribution in [-0.4, -0.2) is 35.3 Å². The number of aromatic amines is 1. The number of aromatic nitrogens is 1. The first kappa shape index (κ1) is 14.3. The molecule has 2 aliphatic rings. The standard InChI is InChI=1S/C17H15N5O2/c18-17-21-13(16(24)22-17)10-6-7-19-15(23)14-11(10)8-12(20-14)9-4-2-1-3-5-9/h1-6,8,13,20H,7H2,(H,19,23)(H3,18,21,22,24). The quantitative estimate of drug-likeness (QED) is 0.650. The lowest BCUT2D eigenvalue weighted by Crippen LogP contribution is -2.33. The third kappa shape index (κ3) is 2.26. The average molecular weight is 321 g/mol. The summed E-state index contributed by atoms with van der Waals surface area (Å²) in [6.45, 7) is 0.330. The lowest BCUT2D eigenvalue weighted by Gasteiger charge is -2.08. The molecule has 0 fully saturated rings. The van der Waals surface area contributed by atoms with Crippen molar-refractivity contribution in [2.45, 2.75) is 6.04 Å². The van der Waals surface area contributed by atoms with Crippen LogP contribution in [0, 0.1) is 0 Å². The molecular formula is C17H15N5O2. The van der Waals surface area contributed by atoms with Crippen LogP contribution in [0.5, 0.6) is 0 Å². The first-order valence-corrected chi connectivity index (χ1v) is 7.54. The number of fused-ring (bicyclic) bond motifs is 1. The summed E-state index contributed by atoms with van der Waals surface area (Å²) in [5.41, 5.74) is 9.12. The summed E-state index contributed by atoms with van der Waals surface area (Å²) >= 11 is 0. The largest absolute Gasteiger partial charge is 0.370 e. The molecule has 1 aromatic heterocycles. The summed E-state index contributed by atoms with van der Waals surface area (Å²) in [6.07, 6.45) is 1.80. The molecule has 2 amide bonds. The summed E-state index contributed by atoms with van der Waals surface area (Å²) in [4.78, 5) is 31.7. The maximum atomic E-state index is 12.3. The van der Waals surface area contributed by atoms with Gasteiger partial charge in [-0.1, -0.05) is 36.4 Å². The molecule has 120 valence electrons. The second-order valence-electron chi connectivity index (χ2n) is 5.61. The van der Waals surface area contributed by atoms with Gasteiger partial charge in [0.25, 0.3) is 11.8 Å². The minimum Gasteiger partial charge on any atom is -0.370 e. The van der Waals surface area contributed by atoms with E-state index in [-0.39, 0.29) is 17.8 Å². The van der Waals surface area contributed by atoms with Crippen LogP contribution in [0.4, 0.5) is 0 Å². The van der Waals surface area contributed by atoms with E-state index in [0.717, 1.165) is 11.3 Å². The van der Waals surface area contributed by atoms with Gasteiger partial charge in [-0.2, -0.15) is 0 Å². The van der Waals surface area contributed by atoms with E-state index in [9.17, 15) is 9.59 Å². The highest BCUT2D eigenvalue weighted by Gasteiger charge is 2.33. The van der Waals surface area contributed by atoms with Crippen LogP contribution in [0.1, 0.15) is 16.1 Å². The first-order chi connectivity index (χ1) is 11.6. The molecule has 24 heavy (non-hydrogen) atoms. The van der Waals surface area contributed by atoms with Gasteiger partial charge in [-0.05, 0) is 17.2 Å². The number of carbonyl (C=O) groups is 2. The van der Waals surface area contributed by atoms with Crippen molar-refractivity contribution in [3.8, 4) is 11.3 Å². The van der Waals surface area contributed by atoms with Crippen molar-refractivity contribution < 1.29 is 9.59 Å². The zero-order chi connectivity index (χ0) is 16.7. The fourth-order valence-electron chi connectivity index (χ4n) is 2.98. The maximum absolute atomic E-state index is 12.3. The number of rotatable bonds is 2. The molecule has 7 heteroatoms. The fraction of sp³-hybridized carbons (Fsp3) is 0.118. The molecular weight excluding hydrogens is 306 g/mol. The Kier molecular flexibility index (Phi) is 3.19. The number of hydrogen-bond donors (Lipinski definition) is 4. The predicted octanol–water partition coefficient (Wildman–Crippen LogP) is 0.622. The van der Waals surface area contributed by atoms with Crippen LogP contribution in [-0.2, 0) is 4.79 Å². The normalized spacial score (nSPS) is 19.8. The van der Waals surface area contributed by atoms with Gasteiger partial charge in [-0.25, -0.2) is 4.99 Å². The molecule has 3 heterocycles. The van der Waals surface area contributed by atoms with Crippen molar-refractivity contribution in [3.63, 3.8) is 0 Å². The van der Waals surface area contributed by atoms with Crippen molar-refractivity contribution in [3.05, 3.63) is 53.7 Å².